The van der Waals surface area contributed by atoms with Crippen LogP contribution in [0.1, 0.15) is 5.56 Å². The highest BCUT2D eigenvalue weighted by atomic mass is 16.5. The van der Waals surface area contributed by atoms with Crippen molar-refractivity contribution in [3.05, 3.63) is 30.0 Å². The number of hydrogen-bond donors (Lipinski definition) is 2. The zero-order valence-electron chi connectivity index (χ0n) is 8.71. The van der Waals surface area contributed by atoms with Crippen molar-refractivity contribution in [3.8, 4) is 5.75 Å². The van der Waals surface area contributed by atoms with Gasteiger partial charge in [0.15, 0.2) is 0 Å². The quantitative estimate of drug-likeness (QED) is 0.779. The van der Waals surface area contributed by atoms with E-state index in [1.165, 1.54) is 16.5 Å². The molecule has 78 valence electrons. The van der Waals surface area contributed by atoms with Crippen LogP contribution in [-0.4, -0.2) is 24.2 Å². The van der Waals surface area contributed by atoms with Crippen molar-refractivity contribution in [1.29, 1.82) is 0 Å². The minimum absolute atomic E-state index is 0.349. The number of hydrogen-bond acceptors (Lipinski definition) is 2. The molecule has 2 aromatic rings. The zero-order chi connectivity index (χ0) is 10.3. The Hall–Kier alpha value is -1.48. The minimum Gasteiger partial charge on any atom is -0.488 e. The Kier molecular flexibility index (Phi) is 1.92. The number of aromatic nitrogens is 1. The molecule has 1 aromatic carbocycles. The van der Waals surface area contributed by atoms with Crippen molar-refractivity contribution in [2.24, 2.45) is 0 Å². The molecule has 2 heterocycles. The maximum Gasteiger partial charge on any atom is 0.123 e. The van der Waals surface area contributed by atoms with Gasteiger partial charge in [-0.15, -0.1) is 0 Å². The summed E-state index contributed by atoms with van der Waals surface area (Å²) in [6.45, 7) is 4.03. The van der Waals surface area contributed by atoms with Crippen LogP contribution in [0.3, 0.4) is 0 Å². The van der Waals surface area contributed by atoms with E-state index < -0.39 is 0 Å². The Labute approximate surface area is 88.4 Å². The SMILES string of the molecule is Cc1c[nH]c2ccc(OC3CNC3)cc12. The standard InChI is InChI=1S/C12H14N2O/c1-8-5-14-12-3-2-9(4-11(8)12)15-10-6-13-7-10/h2-5,10,13-14H,6-7H2,1H3. The fourth-order valence-electron chi connectivity index (χ4n) is 1.85. The Morgan fingerprint density at radius 3 is 2.93 bits per heavy atom. The molecule has 0 aliphatic carbocycles. The van der Waals surface area contributed by atoms with Crippen LogP contribution in [0.25, 0.3) is 10.9 Å². The van der Waals surface area contributed by atoms with Crippen LogP contribution in [0.5, 0.6) is 5.75 Å². The van der Waals surface area contributed by atoms with Crippen molar-refractivity contribution >= 4 is 10.9 Å². The molecule has 15 heavy (non-hydrogen) atoms. The molecule has 3 rings (SSSR count). The number of rotatable bonds is 2. The van der Waals surface area contributed by atoms with Crippen LogP contribution in [-0.2, 0) is 0 Å². The molecular weight excluding hydrogens is 188 g/mol. The van der Waals surface area contributed by atoms with Crippen LogP contribution in [0, 0.1) is 6.92 Å². The lowest BCUT2D eigenvalue weighted by Crippen LogP contribution is -2.50. The number of nitrogens with one attached hydrogen (secondary N) is 2. The molecule has 1 saturated heterocycles. The molecule has 3 nitrogen and oxygen atoms in total. The molecule has 1 fully saturated rings. The van der Waals surface area contributed by atoms with Crippen LogP contribution < -0.4 is 10.1 Å². The third-order valence-electron chi connectivity index (χ3n) is 2.91. The van der Waals surface area contributed by atoms with Crippen molar-refractivity contribution in [2.45, 2.75) is 13.0 Å². The zero-order valence-corrected chi connectivity index (χ0v) is 8.71. The van der Waals surface area contributed by atoms with Gasteiger partial charge in [-0.2, -0.15) is 0 Å². The second-order valence-corrected chi connectivity index (χ2v) is 4.08. The molecule has 0 unspecified atom stereocenters. The summed E-state index contributed by atoms with van der Waals surface area (Å²) in [6, 6.07) is 6.21. The molecule has 0 spiro atoms. The van der Waals surface area contributed by atoms with Crippen LogP contribution in [0.2, 0.25) is 0 Å². The van der Waals surface area contributed by atoms with Crippen LogP contribution in [0.15, 0.2) is 24.4 Å². The minimum atomic E-state index is 0.349. The highest BCUT2D eigenvalue weighted by Gasteiger charge is 2.18. The third-order valence-corrected chi connectivity index (χ3v) is 2.91. The molecule has 1 aliphatic heterocycles. The van der Waals surface area contributed by atoms with Gasteiger partial charge in [-0.1, -0.05) is 0 Å². The molecule has 2 N–H and O–H groups in total. The van der Waals surface area contributed by atoms with Crippen molar-refractivity contribution in [2.75, 3.05) is 13.1 Å². The van der Waals surface area contributed by atoms with E-state index in [0.29, 0.717) is 6.10 Å². The van der Waals surface area contributed by atoms with Gasteiger partial charge in [0.2, 0.25) is 0 Å². The van der Waals surface area contributed by atoms with E-state index in [9.17, 15) is 0 Å². The molecular formula is C12H14N2O. The molecule has 0 amide bonds. The van der Waals surface area contributed by atoms with E-state index >= 15 is 0 Å². The summed E-state index contributed by atoms with van der Waals surface area (Å²) in [4.78, 5) is 3.23. The van der Waals surface area contributed by atoms with E-state index in [0.717, 1.165) is 18.8 Å². The Balaban J connectivity index is 1.93. The lowest BCUT2D eigenvalue weighted by molar-refractivity contribution is 0.142. The van der Waals surface area contributed by atoms with E-state index in [1.54, 1.807) is 0 Å². The van der Waals surface area contributed by atoms with Gasteiger partial charge in [-0.3, -0.25) is 0 Å². The van der Waals surface area contributed by atoms with Gasteiger partial charge in [-0.25, -0.2) is 0 Å². The largest absolute Gasteiger partial charge is 0.488 e. The second-order valence-electron chi connectivity index (χ2n) is 4.08. The summed E-state index contributed by atoms with van der Waals surface area (Å²) in [6.07, 6.45) is 2.38. The molecule has 0 saturated carbocycles. The number of fused-ring (bicyclic) bond motifs is 1. The van der Waals surface area contributed by atoms with Gasteiger partial charge in [0, 0.05) is 30.2 Å². The summed E-state index contributed by atoms with van der Waals surface area (Å²) >= 11 is 0. The van der Waals surface area contributed by atoms with Crippen molar-refractivity contribution in [1.82, 2.24) is 10.3 Å². The smallest absolute Gasteiger partial charge is 0.123 e. The lowest BCUT2D eigenvalue weighted by atomic mass is 10.2. The van der Waals surface area contributed by atoms with Crippen molar-refractivity contribution < 1.29 is 4.74 Å². The van der Waals surface area contributed by atoms with E-state index in [4.69, 9.17) is 4.74 Å². The van der Waals surface area contributed by atoms with Gasteiger partial charge < -0.3 is 15.0 Å². The third kappa shape index (κ3) is 1.49. The van der Waals surface area contributed by atoms with Gasteiger partial charge >= 0.3 is 0 Å². The Morgan fingerprint density at radius 1 is 1.33 bits per heavy atom. The molecule has 0 radical (unpaired) electrons. The highest BCUT2D eigenvalue weighted by molar-refractivity contribution is 5.84. The predicted molar refractivity (Wildman–Crippen MR) is 60.3 cm³/mol. The average Bonchev–Trinajstić information content (AvgIpc) is 2.55. The normalized spacial score (nSPS) is 16.6. The highest BCUT2D eigenvalue weighted by Crippen LogP contribution is 2.24. The van der Waals surface area contributed by atoms with Gasteiger partial charge in [0.05, 0.1) is 0 Å². The second kappa shape index (κ2) is 3.28. The first kappa shape index (κ1) is 8.80. The summed E-state index contributed by atoms with van der Waals surface area (Å²) in [5.74, 6) is 0.969. The fourth-order valence-corrected chi connectivity index (χ4v) is 1.85. The fraction of sp³-hybridized carbons (Fsp3) is 0.333. The average molecular weight is 202 g/mol. The number of aryl methyl sites for hydroxylation is 1. The summed E-state index contributed by atoms with van der Waals surface area (Å²) < 4.78 is 5.81. The molecule has 3 heteroatoms. The van der Waals surface area contributed by atoms with Gasteiger partial charge in [0.1, 0.15) is 11.9 Å². The van der Waals surface area contributed by atoms with E-state index in [1.807, 2.05) is 12.3 Å². The maximum atomic E-state index is 5.81. The molecule has 1 aliphatic rings. The number of H-pyrrole nitrogens is 1. The first-order chi connectivity index (χ1) is 7.33. The number of aromatic amines is 1. The van der Waals surface area contributed by atoms with E-state index in [-0.39, 0.29) is 0 Å². The molecule has 0 bridgehead atoms. The van der Waals surface area contributed by atoms with Crippen LogP contribution >= 0.6 is 0 Å². The first-order valence-corrected chi connectivity index (χ1v) is 5.28. The topological polar surface area (TPSA) is 37.0 Å². The van der Waals surface area contributed by atoms with Gasteiger partial charge in [0.25, 0.3) is 0 Å². The Bertz CT molecular complexity index is 485. The molecule has 0 atom stereocenters. The van der Waals surface area contributed by atoms with Crippen LogP contribution in [0.4, 0.5) is 0 Å². The Morgan fingerprint density at radius 2 is 2.20 bits per heavy atom. The summed E-state index contributed by atoms with van der Waals surface area (Å²) in [5, 5.41) is 4.44. The summed E-state index contributed by atoms with van der Waals surface area (Å²) in [7, 11) is 0. The number of benzene rings is 1. The monoisotopic (exact) mass is 202 g/mol. The maximum absolute atomic E-state index is 5.81. The number of ether oxygens (including phenoxy) is 1. The van der Waals surface area contributed by atoms with Crippen molar-refractivity contribution in [3.63, 3.8) is 0 Å². The van der Waals surface area contributed by atoms with Gasteiger partial charge in [-0.05, 0) is 30.7 Å². The summed E-state index contributed by atoms with van der Waals surface area (Å²) in [5.41, 5.74) is 2.44. The predicted octanol–water partition coefficient (Wildman–Crippen LogP) is 1.83. The molecule has 1 aromatic heterocycles. The van der Waals surface area contributed by atoms with E-state index in [2.05, 4.69) is 29.4 Å². The first-order valence-electron chi connectivity index (χ1n) is 5.28. The lowest BCUT2D eigenvalue weighted by Gasteiger charge is -2.27.